The van der Waals surface area contributed by atoms with Crippen LogP contribution in [0.4, 0.5) is 0 Å². The van der Waals surface area contributed by atoms with Crippen LogP contribution in [-0.4, -0.2) is 24.9 Å². The van der Waals surface area contributed by atoms with Crippen molar-refractivity contribution in [1.29, 1.82) is 0 Å². The fourth-order valence-electron chi connectivity index (χ4n) is 1.98. The molecule has 0 aromatic heterocycles. The first-order valence-electron chi connectivity index (χ1n) is 8.63. The molecule has 1 unspecified atom stereocenters. The average Bonchev–Trinajstić information content (AvgIpc) is 2.41. The third kappa shape index (κ3) is 33.1. The average molecular weight is 365 g/mol. The van der Waals surface area contributed by atoms with E-state index < -0.39 is 10.1 Å². The van der Waals surface area contributed by atoms with Crippen LogP contribution in [0, 0.1) is 0 Å². The minimum Gasteiger partial charge on any atom is -1.00 e. The molecule has 0 radical (unpaired) electrons. The second kappa shape index (κ2) is 22.3. The molecule has 0 aromatic rings. The topological polar surface area (TPSA) is 54.4 Å². The minimum atomic E-state index is -3.73. The van der Waals surface area contributed by atoms with Gasteiger partial charge in [0.05, 0.1) is 5.75 Å². The van der Waals surface area contributed by atoms with E-state index in [1.165, 1.54) is 63.9 Å². The van der Waals surface area contributed by atoms with Crippen LogP contribution >= 0.6 is 9.24 Å². The van der Waals surface area contributed by atoms with Crippen molar-refractivity contribution in [3.63, 3.8) is 0 Å². The molecule has 3 nitrogen and oxygen atoms in total. The summed E-state index contributed by atoms with van der Waals surface area (Å²) in [5, 5.41) is 0. The molecular weight excluding hydrogens is 326 g/mol. The molecule has 0 heterocycles. The monoisotopic (exact) mass is 364 g/mol. The Morgan fingerprint density at radius 2 is 1.14 bits per heavy atom. The van der Waals surface area contributed by atoms with E-state index >= 15 is 0 Å². The summed E-state index contributed by atoms with van der Waals surface area (Å²) < 4.78 is 29.4. The van der Waals surface area contributed by atoms with Gasteiger partial charge < -0.3 is 1.43 Å². The second-order valence-corrected chi connectivity index (χ2v) is 7.76. The fourth-order valence-corrected chi connectivity index (χ4v) is 2.95. The Morgan fingerprint density at radius 1 is 0.773 bits per heavy atom. The van der Waals surface area contributed by atoms with Crippen LogP contribution in [0.3, 0.4) is 0 Å². The van der Waals surface area contributed by atoms with Gasteiger partial charge in [0.2, 0.25) is 0 Å². The van der Waals surface area contributed by atoms with E-state index in [0.29, 0.717) is 6.42 Å². The van der Waals surface area contributed by atoms with Gasteiger partial charge in [0.1, 0.15) is 0 Å². The maximum atomic E-state index is 10.4. The molecule has 22 heavy (non-hydrogen) atoms. The summed E-state index contributed by atoms with van der Waals surface area (Å²) in [5.74, 6) is -0.0799. The summed E-state index contributed by atoms with van der Waals surface area (Å²) in [7, 11) is -1.03. The summed E-state index contributed by atoms with van der Waals surface area (Å²) >= 11 is 0. The molecule has 0 spiro atoms. The molecule has 0 saturated carbocycles. The van der Waals surface area contributed by atoms with Crippen LogP contribution in [-0.2, 0) is 10.1 Å². The van der Waals surface area contributed by atoms with E-state index in [2.05, 4.69) is 23.1 Å². The van der Waals surface area contributed by atoms with Gasteiger partial charge in [0, 0.05) is 0 Å². The van der Waals surface area contributed by atoms with Gasteiger partial charge in [-0.3, -0.25) is 4.55 Å². The molecule has 0 amide bonds. The summed E-state index contributed by atoms with van der Waals surface area (Å²) in [6.07, 6.45) is 15.6. The molecule has 0 aromatic carbocycles. The van der Waals surface area contributed by atoms with E-state index in [1.54, 1.807) is 0 Å². The van der Waals surface area contributed by atoms with Crippen molar-refractivity contribution in [3.05, 3.63) is 0 Å². The molecule has 0 aliphatic heterocycles. The Morgan fingerprint density at radius 3 is 1.41 bits per heavy atom. The molecule has 0 fully saturated rings. The van der Waals surface area contributed by atoms with Gasteiger partial charge in [-0.05, 0) is 12.6 Å². The van der Waals surface area contributed by atoms with Crippen molar-refractivity contribution in [2.24, 2.45) is 0 Å². The smallest absolute Gasteiger partial charge is 1.00 e. The van der Waals surface area contributed by atoms with Gasteiger partial charge in [0.15, 0.2) is 0 Å². The number of hydrogen-bond donors (Lipinski definition) is 1. The van der Waals surface area contributed by atoms with E-state index in [0.717, 1.165) is 12.8 Å². The minimum absolute atomic E-state index is 0. The third-order valence-electron chi connectivity index (χ3n) is 3.31. The second-order valence-electron chi connectivity index (χ2n) is 5.61. The van der Waals surface area contributed by atoms with Gasteiger partial charge in [0.25, 0.3) is 10.1 Å². The standard InChI is InChI=1S/C12H26O3S.C4H11P.Na.H/c1-2-3-4-5-6-7-8-9-10-11-12-16(13,14)15;1-2-3-4-5;;/h2-12H2,1H3,(H,13,14,15);2-5H2,1H3;;/q;;+1;-1. The van der Waals surface area contributed by atoms with Crippen molar-refractivity contribution < 1.29 is 44.0 Å². The zero-order valence-corrected chi connectivity index (χ0v) is 19.1. The normalized spacial score (nSPS) is 10.5. The van der Waals surface area contributed by atoms with E-state index in [9.17, 15) is 8.42 Å². The molecular formula is C16H38NaO3PS. The van der Waals surface area contributed by atoms with Crippen molar-refractivity contribution in [1.82, 2.24) is 0 Å². The Hall–Kier alpha value is 1.34. The Balaban J connectivity index is -0.000000225. The van der Waals surface area contributed by atoms with Crippen LogP contribution in [0.15, 0.2) is 0 Å². The maximum absolute atomic E-state index is 10.4. The van der Waals surface area contributed by atoms with Crippen LogP contribution in [0.25, 0.3) is 0 Å². The number of unbranched alkanes of at least 4 members (excludes halogenated alkanes) is 10. The molecule has 0 rings (SSSR count). The first-order valence-corrected chi connectivity index (χ1v) is 11.1. The SMILES string of the molecule is CCCCCCCCCCCCS(=O)(=O)O.CCCCP.[H-].[Na+]. The summed E-state index contributed by atoms with van der Waals surface area (Å²) in [5.41, 5.74) is 0. The summed E-state index contributed by atoms with van der Waals surface area (Å²) in [4.78, 5) is 0. The summed E-state index contributed by atoms with van der Waals surface area (Å²) in [6.45, 7) is 4.42. The van der Waals surface area contributed by atoms with Crippen molar-refractivity contribution >= 4 is 19.4 Å². The first-order chi connectivity index (χ1) is 9.97. The number of hydrogen-bond acceptors (Lipinski definition) is 2. The predicted molar refractivity (Wildman–Crippen MR) is 98.9 cm³/mol. The van der Waals surface area contributed by atoms with E-state index in [-0.39, 0.29) is 36.7 Å². The third-order valence-corrected chi connectivity index (χ3v) is 4.53. The Kier molecular flexibility index (Phi) is 28.6. The van der Waals surface area contributed by atoms with Crippen molar-refractivity contribution in [2.75, 3.05) is 11.9 Å². The Bertz CT molecular complexity index is 289. The zero-order valence-electron chi connectivity index (χ0n) is 16.1. The van der Waals surface area contributed by atoms with Crippen LogP contribution in [0.2, 0.25) is 0 Å². The maximum Gasteiger partial charge on any atom is 1.00 e. The van der Waals surface area contributed by atoms with Crippen molar-refractivity contribution in [3.8, 4) is 0 Å². The van der Waals surface area contributed by atoms with Crippen LogP contribution in [0.1, 0.15) is 92.3 Å². The quantitative estimate of drug-likeness (QED) is 0.237. The molecule has 1 N–H and O–H groups in total. The van der Waals surface area contributed by atoms with E-state index in [1.807, 2.05) is 0 Å². The van der Waals surface area contributed by atoms with Crippen LogP contribution in [0.5, 0.6) is 0 Å². The number of rotatable bonds is 13. The molecule has 0 bridgehead atoms. The Labute approximate surface area is 165 Å². The van der Waals surface area contributed by atoms with E-state index in [4.69, 9.17) is 4.55 Å². The van der Waals surface area contributed by atoms with Gasteiger partial charge in [-0.1, -0.05) is 84.5 Å². The molecule has 132 valence electrons. The van der Waals surface area contributed by atoms with Gasteiger partial charge in [-0.25, -0.2) is 0 Å². The molecule has 6 heteroatoms. The van der Waals surface area contributed by atoms with Gasteiger partial charge in [-0.15, -0.1) is 9.24 Å². The molecule has 0 aliphatic carbocycles. The molecule has 0 aliphatic rings. The van der Waals surface area contributed by atoms with Gasteiger partial charge >= 0.3 is 29.6 Å². The van der Waals surface area contributed by atoms with Gasteiger partial charge in [-0.2, -0.15) is 8.42 Å². The molecule has 0 saturated heterocycles. The molecule has 1 atom stereocenters. The van der Waals surface area contributed by atoms with Crippen molar-refractivity contribution in [2.45, 2.75) is 90.9 Å². The largest absolute Gasteiger partial charge is 1.00 e. The zero-order chi connectivity index (χ0) is 16.4. The predicted octanol–water partition coefficient (Wildman–Crippen LogP) is 2.57. The fraction of sp³-hybridized carbons (Fsp3) is 1.00. The van der Waals surface area contributed by atoms with Crippen LogP contribution < -0.4 is 29.6 Å². The first kappa shape index (κ1) is 28.2. The summed E-state index contributed by atoms with van der Waals surface area (Å²) in [6, 6.07) is 0.